The van der Waals surface area contributed by atoms with E-state index in [0.717, 1.165) is 24.2 Å². The number of carbonyl (C=O) groups is 2. The molecule has 1 aliphatic carbocycles. The van der Waals surface area contributed by atoms with Gasteiger partial charge in [0.2, 0.25) is 5.91 Å². The average molecular weight is 345 g/mol. The van der Waals surface area contributed by atoms with Crippen molar-refractivity contribution in [2.75, 3.05) is 0 Å². The third-order valence-corrected chi connectivity index (χ3v) is 4.85. The fraction of sp³-hybridized carbons (Fsp3) is 0.375. The number of urea groups is 1. The Morgan fingerprint density at radius 1 is 1.33 bits per heavy atom. The van der Waals surface area contributed by atoms with E-state index in [9.17, 15) is 9.59 Å². The fourth-order valence-electron chi connectivity index (χ4n) is 2.38. The molecule has 126 valence electrons. The molecule has 1 fully saturated rings. The van der Waals surface area contributed by atoms with Crippen molar-refractivity contribution in [1.29, 1.82) is 0 Å². The highest BCUT2D eigenvalue weighted by molar-refractivity contribution is 8.00. The van der Waals surface area contributed by atoms with Gasteiger partial charge in [0.1, 0.15) is 5.82 Å². The van der Waals surface area contributed by atoms with Gasteiger partial charge in [0, 0.05) is 5.92 Å². The number of primary amides is 1. The van der Waals surface area contributed by atoms with Crippen molar-refractivity contribution in [3.63, 3.8) is 0 Å². The van der Waals surface area contributed by atoms with Crippen LogP contribution in [0, 0.1) is 0 Å². The molecule has 0 bridgehead atoms. The third-order valence-electron chi connectivity index (χ3n) is 3.77. The maximum Gasteiger partial charge on any atom is 0.318 e. The normalized spacial score (nSPS) is 15.0. The number of amides is 3. The van der Waals surface area contributed by atoms with Crippen molar-refractivity contribution in [2.45, 2.75) is 42.6 Å². The van der Waals surface area contributed by atoms with Crippen molar-refractivity contribution < 1.29 is 9.59 Å². The van der Waals surface area contributed by atoms with Gasteiger partial charge in [-0.2, -0.15) is 0 Å². The molecule has 0 spiro atoms. The van der Waals surface area contributed by atoms with Gasteiger partial charge in [-0.3, -0.25) is 10.1 Å². The van der Waals surface area contributed by atoms with Gasteiger partial charge < -0.3 is 10.3 Å². The average Bonchev–Trinajstić information content (AvgIpc) is 3.32. The molecule has 1 saturated carbocycles. The van der Waals surface area contributed by atoms with Gasteiger partial charge >= 0.3 is 6.03 Å². The summed E-state index contributed by atoms with van der Waals surface area (Å²) in [5.41, 5.74) is 6.14. The first-order valence-electron chi connectivity index (χ1n) is 7.78. The van der Waals surface area contributed by atoms with E-state index >= 15 is 0 Å². The first kappa shape index (κ1) is 16.5. The molecule has 0 aliphatic heterocycles. The van der Waals surface area contributed by atoms with E-state index in [1.807, 2.05) is 30.3 Å². The molecular weight excluding hydrogens is 326 g/mol. The number of nitrogens with two attached hydrogens (primary N) is 1. The van der Waals surface area contributed by atoms with Gasteiger partial charge in [-0.05, 0) is 25.3 Å². The Labute approximate surface area is 144 Å². The highest BCUT2D eigenvalue weighted by Gasteiger charge is 2.31. The molecule has 0 unspecified atom stereocenters. The number of aromatic nitrogens is 3. The summed E-state index contributed by atoms with van der Waals surface area (Å²) in [6.45, 7) is 2.37. The van der Waals surface area contributed by atoms with Crippen LogP contribution in [0.4, 0.5) is 4.79 Å². The van der Waals surface area contributed by atoms with Crippen LogP contribution in [0.25, 0.3) is 0 Å². The zero-order valence-corrected chi connectivity index (χ0v) is 14.1. The summed E-state index contributed by atoms with van der Waals surface area (Å²) in [6.07, 6.45) is 2.24. The van der Waals surface area contributed by atoms with E-state index in [0.29, 0.717) is 17.6 Å². The van der Waals surface area contributed by atoms with Crippen molar-refractivity contribution in [3.8, 4) is 0 Å². The quantitative estimate of drug-likeness (QED) is 0.778. The number of nitrogens with one attached hydrogen (secondary N) is 1. The maximum absolute atomic E-state index is 11.9. The van der Waals surface area contributed by atoms with Crippen LogP contribution in [0.2, 0.25) is 0 Å². The molecule has 3 amide bonds. The van der Waals surface area contributed by atoms with Crippen LogP contribution in [0.1, 0.15) is 37.1 Å². The Morgan fingerprint density at radius 3 is 2.67 bits per heavy atom. The zero-order chi connectivity index (χ0) is 17.1. The number of imide groups is 1. The van der Waals surface area contributed by atoms with Crippen LogP contribution in [0.5, 0.6) is 0 Å². The summed E-state index contributed by atoms with van der Waals surface area (Å²) in [6, 6.07) is 9.21. The summed E-state index contributed by atoms with van der Waals surface area (Å²) in [4.78, 5) is 22.7. The van der Waals surface area contributed by atoms with Crippen LogP contribution in [-0.4, -0.2) is 32.0 Å². The lowest BCUT2D eigenvalue weighted by Gasteiger charge is -2.13. The Hall–Kier alpha value is -2.35. The number of benzene rings is 1. The number of hydrogen-bond acceptors (Lipinski definition) is 5. The molecule has 2 aromatic rings. The van der Waals surface area contributed by atoms with E-state index in [1.165, 1.54) is 11.8 Å². The number of rotatable bonds is 6. The Morgan fingerprint density at radius 2 is 2.04 bits per heavy atom. The molecule has 1 aromatic carbocycles. The first-order chi connectivity index (χ1) is 11.5. The van der Waals surface area contributed by atoms with Crippen LogP contribution in [-0.2, 0) is 11.3 Å². The standard InChI is InChI=1S/C16H19N5O2S/c1-10(14(22)18-15(17)23)24-16-20-19-13(12-7-8-12)21(16)9-11-5-3-2-4-6-11/h2-6,10,12H,7-9H2,1H3,(H3,17,18,22,23)/t10-/m0/s1. The minimum absolute atomic E-state index is 0.435. The third kappa shape index (κ3) is 3.94. The van der Waals surface area contributed by atoms with Gasteiger partial charge in [0.25, 0.3) is 0 Å². The second-order valence-corrected chi connectivity index (χ2v) is 7.11. The predicted molar refractivity (Wildman–Crippen MR) is 90.6 cm³/mol. The van der Waals surface area contributed by atoms with E-state index in [1.54, 1.807) is 6.92 Å². The topological polar surface area (TPSA) is 103 Å². The molecular formula is C16H19N5O2S. The Balaban J connectivity index is 1.80. The van der Waals surface area contributed by atoms with Crippen LogP contribution in [0.3, 0.4) is 0 Å². The molecule has 7 nitrogen and oxygen atoms in total. The van der Waals surface area contributed by atoms with Crippen LogP contribution in [0.15, 0.2) is 35.5 Å². The van der Waals surface area contributed by atoms with Crippen LogP contribution >= 0.6 is 11.8 Å². The molecule has 3 N–H and O–H groups in total. The number of hydrogen-bond donors (Lipinski definition) is 2. The highest BCUT2D eigenvalue weighted by atomic mass is 32.2. The van der Waals surface area contributed by atoms with Gasteiger partial charge in [0.15, 0.2) is 5.16 Å². The largest absolute Gasteiger partial charge is 0.351 e. The van der Waals surface area contributed by atoms with Crippen molar-refractivity contribution in [2.24, 2.45) is 5.73 Å². The van der Waals surface area contributed by atoms with Crippen LogP contribution < -0.4 is 11.1 Å². The molecule has 8 heteroatoms. The molecule has 24 heavy (non-hydrogen) atoms. The number of thioether (sulfide) groups is 1. The Kier molecular flexibility index (Phi) is 4.84. The second-order valence-electron chi connectivity index (χ2n) is 5.80. The summed E-state index contributed by atoms with van der Waals surface area (Å²) in [7, 11) is 0. The smallest absolute Gasteiger partial charge is 0.318 e. The second kappa shape index (κ2) is 7.04. The van der Waals surface area contributed by atoms with E-state index in [2.05, 4.69) is 20.1 Å². The molecule has 0 radical (unpaired) electrons. The van der Waals surface area contributed by atoms with Crippen molar-refractivity contribution in [1.82, 2.24) is 20.1 Å². The molecule has 0 saturated heterocycles. The lowest BCUT2D eigenvalue weighted by atomic mass is 10.2. The summed E-state index contributed by atoms with van der Waals surface area (Å²) < 4.78 is 2.06. The van der Waals surface area contributed by atoms with Gasteiger partial charge in [-0.25, -0.2) is 4.79 Å². The molecule has 1 atom stereocenters. The van der Waals surface area contributed by atoms with Gasteiger partial charge in [-0.1, -0.05) is 42.1 Å². The lowest BCUT2D eigenvalue weighted by Crippen LogP contribution is -2.39. The van der Waals surface area contributed by atoms with Crippen molar-refractivity contribution >= 4 is 23.7 Å². The van der Waals surface area contributed by atoms with Gasteiger partial charge in [0.05, 0.1) is 11.8 Å². The monoisotopic (exact) mass is 345 g/mol. The Bertz CT molecular complexity index is 742. The molecule has 1 aromatic heterocycles. The number of carbonyl (C=O) groups excluding carboxylic acids is 2. The SMILES string of the molecule is C[C@H](Sc1nnc(C2CC2)n1Cc1ccccc1)C(=O)NC(N)=O. The number of nitrogens with zero attached hydrogens (tertiary/aromatic N) is 3. The highest BCUT2D eigenvalue weighted by Crippen LogP contribution is 2.40. The summed E-state index contributed by atoms with van der Waals surface area (Å²) in [5, 5.41) is 10.8. The predicted octanol–water partition coefficient (Wildman–Crippen LogP) is 1.88. The van der Waals surface area contributed by atoms with Gasteiger partial charge in [-0.15, -0.1) is 10.2 Å². The first-order valence-corrected chi connectivity index (χ1v) is 8.66. The van der Waals surface area contributed by atoms with E-state index < -0.39 is 17.2 Å². The minimum atomic E-state index is -0.850. The zero-order valence-electron chi connectivity index (χ0n) is 13.3. The molecule has 3 rings (SSSR count). The lowest BCUT2D eigenvalue weighted by molar-refractivity contribution is -0.119. The summed E-state index contributed by atoms with van der Waals surface area (Å²) >= 11 is 1.28. The van der Waals surface area contributed by atoms with E-state index in [-0.39, 0.29) is 0 Å². The van der Waals surface area contributed by atoms with Crippen molar-refractivity contribution in [3.05, 3.63) is 41.7 Å². The molecule has 1 aliphatic rings. The molecule has 1 heterocycles. The van der Waals surface area contributed by atoms with E-state index in [4.69, 9.17) is 5.73 Å². The maximum atomic E-state index is 11.9. The summed E-state index contributed by atoms with van der Waals surface area (Å²) in [5.74, 6) is 0.976. The fourth-order valence-corrected chi connectivity index (χ4v) is 3.24. The minimum Gasteiger partial charge on any atom is -0.351 e.